The second-order valence-corrected chi connectivity index (χ2v) is 4.90. The summed E-state index contributed by atoms with van der Waals surface area (Å²) in [5.74, 6) is 1.00. The summed E-state index contributed by atoms with van der Waals surface area (Å²) in [7, 11) is 5.73. The third-order valence-electron chi connectivity index (χ3n) is 3.21. The lowest BCUT2D eigenvalue weighted by atomic mass is 10.2. The van der Waals surface area contributed by atoms with Crippen LogP contribution in [0.1, 0.15) is 0 Å². The van der Waals surface area contributed by atoms with Crippen molar-refractivity contribution in [2.45, 2.75) is 0 Å². The molecule has 7 nitrogen and oxygen atoms in total. The Morgan fingerprint density at radius 1 is 1.24 bits per heavy atom. The molecule has 0 unspecified atom stereocenters. The highest BCUT2D eigenvalue weighted by Gasteiger charge is 2.12. The molecular weight excluding hydrogens is 268 g/mol. The zero-order valence-corrected chi connectivity index (χ0v) is 12.1. The molecular formula is C14H16N6O. The topological polar surface area (TPSA) is 82.1 Å². The summed E-state index contributed by atoms with van der Waals surface area (Å²) in [6, 6.07) is 5.62. The maximum atomic E-state index is 5.98. The first-order valence-electron chi connectivity index (χ1n) is 6.43. The maximum absolute atomic E-state index is 5.98. The van der Waals surface area contributed by atoms with E-state index in [1.54, 1.807) is 10.9 Å². The normalized spacial score (nSPS) is 10.8. The number of nitrogens with two attached hydrogens (primary N) is 1. The Hall–Kier alpha value is -2.83. The molecule has 1 aromatic carbocycles. The van der Waals surface area contributed by atoms with Crippen LogP contribution in [0, 0.1) is 0 Å². The van der Waals surface area contributed by atoms with Gasteiger partial charge in [-0.2, -0.15) is 5.10 Å². The van der Waals surface area contributed by atoms with Crippen molar-refractivity contribution < 1.29 is 4.74 Å². The van der Waals surface area contributed by atoms with E-state index in [2.05, 4.69) is 15.1 Å². The summed E-state index contributed by atoms with van der Waals surface area (Å²) in [6.07, 6.45) is 3.13. The molecule has 0 aliphatic carbocycles. The Bertz CT molecular complexity index is 795. The van der Waals surface area contributed by atoms with Crippen LogP contribution >= 0.6 is 0 Å². The van der Waals surface area contributed by atoms with Crippen LogP contribution in [-0.4, -0.2) is 33.8 Å². The van der Waals surface area contributed by atoms with Crippen LogP contribution in [0.2, 0.25) is 0 Å². The van der Waals surface area contributed by atoms with Gasteiger partial charge in [-0.05, 0) is 12.1 Å². The lowest BCUT2D eigenvalue weighted by Gasteiger charge is -2.15. The lowest BCUT2D eigenvalue weighted by Crippen LogP contribution is -2.08. The Labute approximate surface area is 122 Å². The van der Waals surface area contributed by atoms with Crippen LogP contribution in [0.4, 0.5) is 11.4 Å². The van der Waals surface area contributed by atoms with E-state index in [0.717, 1.165) is 11.1 Å². The molecule has 2 heterocycles. The standard InChI is InChI=1S/C14H16N6O/c1-19(2)9-4-5-11(15)12(6-9)21-14-10-7-18-20(3)13(10)16-8-17-14/h4-8H,15H2,1-3H3. The van der Waals surface area contributed by atoms with Crippen molar-refractivity contribution in [3.05, 3.63) is 30.7 Å². The van der Waals surface area contributed by atoms with Gasteiger partial charge in [-0.15, -0.1) is 0 Å². The van der Waals surface area contributed by atoms with Crippen molar-refractivity contribution >= 4 is 22.4 Å². The Balaban J connectivity index is 2.04. The molecule has 0 amide bonds. The second-order valence-electron chi connectivity index (χ2n) is 4.90. The number of nitrogens with zero attached hydrogens (tertiary/aromatic N) is 5. The molecule has 3 aromatic rings. The summed E-state index contributed by atoms with van der Waals surface area (Å²) in [5.41, 5.74) is 8.24. The van der Waals surface area contributed by atoms with Crippen LogP contribution < -0.4 is 15.4 Å². The first-order chi connectivity index (χ1) is 10.1. The number of hydrogen-bond donors (Lipinski definition) is 1. The van der Waals surface area contributed by atoms with Crippen LogP contribution in [0.5, 0.6) is 11.6 Å². The number of fused-ring (bicyclic) bond motifs is 1. The average molecular weight is 284 g/mol. The van der Waals surface area contributed by atoms with E-state index in [4.69, 9.17) is 10.5 Å². The summed E-state index contributed by atoms with van der Waals surface area (Å²) < 4.78 is 7.54. The Kier molecular flexibility index (Phi) is 3.09. The first-order valence-corrected chi connectivity index (χ1v) is 6.43. The summed E-state index contributed by atoms with van der Waals surface area (Å²) in [6.45, 7) is 0. The van der Waals surface area contributed by atoms with Crippen molar-refractivity contribution in [2.75, 3.05) is 24.7 Å². The van der Waals surface area contributed by atoms with Crippen LogP contribution in [0.3, 0.4) is 0 Å². The second kappa shape index (κ2) is 4.93. The number of rotatable bonds is 3. The van der Waals surface area contributed by atoms with Crippen molar-refractivity contribution in [1.29, 1.82) is 0 Å². The van der Waals surface area contributed by atoms with Gasteiger partial charge in [0.2, 0.25) is 5.88 Å². The SMILES string of the molecule is CN(C)c1ccc(N)c(Oc2ncnc3c2cnn3C)c1. The average Bonchev–Trinajstić information content (AvgIpc) is 2.84. The molecule has 2 aromatic heterocycles. The summed E-state index contributed by atoms with van der Waals surface area (Å²) in [5, 5.41) is 4.91. The Morgan fingerprint density at radius 3 is 2.81 bits per heavy atom. The van der Waals surface area contributed by atoms with E-state index in [0.29, 0.717) is 23.0 Å². The number of anilines is 2. The van der Waals surface area contributed by atoms with Crippen LogP contribution in [0.25, 0.3) is 11.0 Å². The van der Waals surface area contributed by atoms with E-state index in [1.165, 1.54) is 6.33 Å². The number of aryl methyl sites for hydroxylation is 1. The van der Waals surface area contributed by atoms with Gasteiger partial charge in [0.05, 0.1) is 11.9 Å². The fourth-order valence-electron chi connectivity index (χ4n) is 2.02. The lowest BCUT2D eigenvalue weighted by molar-refractivity contribution is 0.470. The quantitative estimate of drug-likeness (QED) is 0.739. The van der Waals surface area contributed by atoms with Gasteiger partial charge in [0.1, 0.15) is 11.7 Å². The minimum atomic E-state index is 0.440. The monoisotopic (exact) mass is 284 g/mol. The molecule has 0 fully saturated rings. The third kappa shape index (κ3) is 2.33. The first kappa shape index (κ1) is 13.2. The largest absolute Gasteiger partial charge is 0.436 e. The van der Waals surface area contributed by atoms with Gasteiger partial charge in [-0.3, -0.25) is 4.68 Å². The molecule has 0 aliphatic heterocycles. The smallest absolute Gasteiger partial charge is 0.233 e. The fraction of sp³-hybridized carbons (Fsp3) is 0.214. The summed E-state index contributed by atoms with van der Waals surface area (Å²) >= 11 is 0. The van der Waals surface area contributed by atoms with Gasteiger partial charge < -0.3 is 15.4 Å². The Morgan fingerprint density at radius 2 is 2.05 bits per heavy atom. The van der Waals surface area contributed by atoms with Crippen molar-refractivity contribution in [3.8, 4) is 11.6 Å². The molecule has 0 radical (unpaired) electrons. The molecule has 7 heteroatoms. The summed E-state index contributed by atoms with van der Waals surface area (Å²) in [4.78, 5) is 10.3. The number of hydrogen-bond acceptors (Lipinski definition) is 6. The molecule has 2 N–H and O–H groups in total. The highest BCUT2D eigenvalue weighted by atomic mass is 16.5. The van der Waals surface area contributed by atoms with Gasteiger partial charge in [0.15, 0.2) is 11.4 Å². The van der Waals surface area contributed by atoms with Gasteiger partial charge >= 0.3 is 0 Å². The molecule has 108 valence electrons. The van der Waals surface area contributed by atoms with Gasteiger partial charge in [0, 0.05) is 32.9 Å². The van der Waals surface area contributed by atoms with Crippen LogP contribution in [-0.2, 0) is 7.05 Å². The number of nitrogen functional groups attached to an aromatic ring is 1. The van der Waals surface area contributed by atoms with E-state index in [1.807, 2.05) is 44.2 Å². The zero-order chi connectivity index (χ0) is 15.0. The molecule has 0 aliphatic rings. The van der Waals surface area contributed by atoms with E-state index >= 15 is 0 Å². The third-order valence-corrected chi connectivity index (χ3v) is 3.21. The fourth-order valence-corrected chi connectivity index (χ4v) is 2.02. The molecule has 0 saturated heterocycles. The van der Waals surface area contributed by atoms with Crippen molar-refractivity contribution in [3.63, 3.8) is 0 Å². The van der Waals surface area contributed by atoms with Crippen LogP contribution in [0.15, 0.2) is 30.7 Å². The highest BCUT2D eigenvalue weighted by Crippen LogP contribution is 2.32. The number of aromatic nitrogens is 4. The molecule has 0 saturated carbocycles. The minimum absolute atomic E-state index is 0.440. The van der Waals surface area contributed by atoms with Crippen molar-refractivity contribution in [2.24, 2.45) is 7.05 Å². The number of benzene rings is 1. The molecule has 0 spiro atoms. The molecule has 0 bridgehead atoms. The van der Waals surface area contributed by atoms with Gasteiger partial charge in [-0.25, -0.2) is 9.97 Å². The van der Waals surface area contributed by atoms with E-state index in [-0.39, 0.29) is 0 Å². The van der Waals surface area contributed by atoms with E-state index in [9.17, 15) is 0 Å². The number of ether oxygens (including phenoxy) is 1. The molecule has 21 heavy (non-hydrogen) atoms. The maximum Gasteiger partial charge on any atom is 0.233 e. The zero-order valence-electron chi connectivity index (χ0n) is 12.1. The predicted octanol–water partition coefficient (Wildman–Crippen LogP) is 1.80. The van der Waals surface area contributed by atoms with E-state index < -0.39 is 0 Å². The van der Waals surface area contributed by atoms with Gasteiger partial charge in [-0.1, -0.05) is 0 Å². The predicted molar refractivity (Wildman–Crippen MR) is 81.6 cm³/mol. The molecule has 3 rings (SSSR count). The highest BCUT2D eigenvalue weighted by molar-refractivity contribution is 5.80. The van der Waals surface area contributed by atoms with Gasteiger partial charge in [0.25, 0.3) is 0 Å². The van der Waals surface area contributed by atoms with Crippen molar-refractivity contribution in [1.82, 2.24) is 19.7 Å². The molecule has 0 atom stereocenters. The minimum Gasteiger partial charge on any atom is -0.436 e.